The van der Waals surface area contributed by atoms with Crippen LogP contribution in [0, 0.1) is 17.8 Å². The first-order chi connectivity index (χ1) is 11.7. The van der Waals surface area contributed by atoms with Crippen LogP contribution >= 0.6 is 11.6 Å². The van der Waals surface area contributed by atoms with Crippen molar-refractivity contribution in [1.29, 1.82) is 0 Å². The number of nitrogens with one attached hydrogen (secondary N) is 1. The van der Waals surface area contributed by atoms with Gasteiger partial charge < -0.3 is 10.1 Å². The molecule has 3 saturated carbocycles. The minimum absolute atomic E-state index is 0.0410. The van der Waals surface area contributed by atoms with E-state index >= 15 is 0 Å². The molecule has 1 aromatic carbocycles. The van der Waals surface area contributed by atoms with Crippen LogP contribution in [-0.4, -0.2) is 29.1 Å². The van der Waals surface area contributed by atoms with Gasteiger partial charge in [0.15, 0.2) is 0 Å². The van der Waals surface area contributed by atoms with Crippen molar-refractivity contribution in [1.82, 2.24) is 9.97 Å². The molecule has 0 saturated heterocycles. The van der Waals surface area contributed by atoms with Gasteiger partial charge in [-0.3, -0.25) is 4.79 Å². The number of anilines is 1. The number of hydrogen-bond donors (Lipinski definition) is 1. The second kappa shape index (κ2) is 6.20. The zero-order valence-corrected chi connectivity index (χ0v) is 14.3. The molecule has 24 heavy (non-hydrogen) atoms. The molecule has 1 heterocycles. The van der Waals surface area contributed by atoms with Crippen LogP contribution in [0.3, 0.4) is 0 Å². The third-order valence-electron chi connectivity index (χ3n) is 5.57. The highest BCUT2D eigenvalue weighted by molar-refractivity contribution is 6.28. The molecule has 126 valence electrons. The second-order valence-corrected chi connectivity index (χ2v) is 7.09. The van der Waals surface area contributed by atoms with Crippen molar-refractivity contribution >= 4 is 34.3 Å². The Morgan fingerprint density at radius 1 is 1.17 bits per heavy atom. The Bertz CT molecular complexity index is 774. The molecule has 3 aliphatic carbocycles. The number of carbonyl (C=O) groups is 1. The van der Waals surface area contributed by atoms with Crippen LogP contribution in [0.5, 0.6) is 0 Å². The summed E-state index contributed by atoms with van der Waals surface area (Å²) in [7, 11) is 1.47. The van der Waals surface area contributed by atoms with E-state index in [2.05, 4.69) is 15.3 Å². The number of benzene rings is 1. The van der Waals surface area contributed by atoms with E-state index in [-0.39, 0.29) is 23.2 Å². The number of fused-ring (bicyclic) bond motifs is 4. The maximum Gasteiger partial charge on any atom is 0.311 e. The maximum atomic E-state index is 12.4. The zero-order chi connectivity index (χ0) is 16.7. The Kier molecular flexibility index (Phi) is 4.04. The first-order valence-electron chi connectivity index (χ1n) is 8.44. The number of halogens is 1. The van der Waals surface area contributed by atoms with E-state index in [0.717, 1.165) is 36.6 Å². The molecular formula is C18H20ClN3O2. The number of aromatic nitrogens is 2. The van der Waals surface area contributed by atoms with Crippen LogP contribution in [0.25, 0.3) is 10.9 Å². The van der Waals surface area contributed by atoms with Crippen LogP contribution in [0.15, 0.2) is 24.3 Å². The third kappa shape index (κ3) is 2.61. The normalized spacial score (nSPS) is 28.8. The summed E-state index contributed by atoms with van der Waals surface area (Å²) in [6, 6.07) is 7.81. The highest BCUT2D eigenvalue weighted by Gasteiger charge is 2.48. The lowest BCUT2D eigenvalue weighted by molar-refractivity contribution is -0.152. The number of para-hydroxylation sites is 1. The van der Waals surface area contributed by atoms with Crippen molar-refractivity contribution in [2.24, 2.45) is 17.8 Å². The van der Waals surface area contributed by atoms with Gasteiger partial charge in [-0.05, 0) is 61.3 Å². The molecule has 0 aliphatic heterocycles. The van der Waals surface area contributed by atoms with E-state index < -0.39 is 0 Å². The summed E-state index contributed by atoms with van der Waals surface area (Å²) in [5, 5.41) is 4.66. The van der Waals surface area contributed by atoms with Crippen LogP contribution in [0.2, 0.25) is 5.28 Å². The van der Waals surface area contributed by atoms with Crippen molar-refractivity contribution in [3.8, 4) is 0 Å². The van der Waals surface area contributed by atoms with Gasteiger partial charge in [0.2, 0.25) is 5.28 Å². The van der Waals surface area contributed by atoms with E-state index in [4.69, 9.17) is 16.3 Å². The Morgan fingerprint density at radius 3 is 2.62 bits per heavy atom. The van der Waals surface area contributed by atoms with Gasteiger partial charge in [0.05, 0.1) is 18.5 Å². The zero-order valence-electron chi connectivity index (χ0n) is 13.5. The molecule has 6 heteroatoms. The van der Waals surface area contributed by atoms with Gasteiger partial charge in [-0.25, -0.2) is 9.97 Å². The fraction of sp³-hybridized carbons (Fsp3) is 0.500. The summed E-state index contributed by atoms with van der Waals surface area (Å²) in [5.74, 6) is 1.33. The number of nitrogens with zero attached hydrogens (tertiary/aromatic N) is 2. The molecule has 0 radical (unpaired) electrons. The average molecular weight is 346 g/mol. The van der Waals surface area contributed by atoms with Gasteiger partial charge in [-0.15, -0.1) is 0 Å². The lowest BCUT2D eigenvalue weighted by atomic mass is 9.61. The summed E-state index contributed by atoms with van der Waals surface area (Å²) in [4.78, 5) is 21.0. The molecule has 1 aromatic heterocycles. The highest BCUT2D eigenvalue weighted by Crippen LogP contribution is 2.47. The molecule has 3 fully saturated rings. The largest absolute Gasteiger partial charge is 0.469 e. The van der Waals surface area contributed by atoms with Crippen molar-refractivity contribution < 1.29 is 9.53 Å². The fourth-order valence-corrected chi connectivity index (χ4v) is 4.62. The summed E-state index contributed by atoms with van der Waals surface area (Å²) in [5.41, 5.74) is 0.801. The van der Waals surface area contributed by atoms with Crippen molar-refractivity contribution in [2.45, 2.75) is 31.7 Å². The summed E-state index contributed by atoms with van der Waals surface area (Å²) < 4.78 is 5.08. The van der Waals surface area contributed by atoms with E-state index in [1.54, 1.807) is 0 Å². The number of methoxy groups -OCH3 is 1. The molecule has 2 aromatic rings. The summed E-state index contributed by atoms with van der Waals surface area (Å²) in [6.45, 7) is 0. The van der Waals surface area contributed by atoms with E-state index in [1.165, 1.54) is 7.11 Å². The van der Waals surface area contributed by atoms with Crippen LogP contribution in [-0.2, 0) is 9.53 Å². The lowest BCUT2D eigenvalue weighted by Crippen LogP contribution is -2.51. The van der Waals surface area contributed by atoms with Gasteiger partial charge in [0, 0.05) is 11.4 Å². The number of carbonyl (C=O) groups excluding carboxylic acids is 1. The smallest absolute Gasteiger partial charge is 0.311 e. The minimum atomic E-state index is -0.119. The van der Waals surface area contributed by atoms with Gasteiger partial charge in [0.1, 0.15) is 5.82 Å². The Hall–Kier alpha value is -1.88. The van der Waals surface area contributed by atoms with Crippen LogP contribution in [0.4, 0.5) is 5.82 Å². The van der Waals surface area contributed by atoms with Crippen LogP contribution < -0.4 is 5.32 Å². The van der Waals surface area contributed by atoms with Crippen molar-refractivity contribution in [3.05, 3.63) is 29.5 Å². The number of esters is 1. The van der Waals surface area contributed by atoms with Gasteiger partial charge in [-0.2, -0.15) is 0 Å². The topological polar surface area (TPSA) is 64.1 Å². The molecular weight excluding hydrogens is 326 g/mol. The number of ether oxygens (including phenoxy) is 1. The average Bonchev–Trinajstić information content (AvgIpc) is 2.62. The fourth-order valence-electron chi connectivity index (χ4n) is 4.45. The standard InChI is InChI=1S/C18H20ClN3O2/c1-24-17(23)14-10-6-8-11(9-7-10)15(14)21-16-12-4-2-3-5-13(12)20-18(19)22-16/h2-5,10-11,14-15H,6-9H2,1H3,(H,20,21,22). The van der Waals surface area contributed by atoms with Crippen LogP contribution in [0.1, 0.15) is 25.7 Å². The third-order valence-corrected chi connectivity index (χ3v) is 5.74. The van der Waals surface area contributed by atoms with Gasteiger partial charge >= 0.3 is 5.97 Å². The second-order valence-electron chi connectivity index (χ2n) is 6.75. The monoisotopic (exact) mass is 345 g/mol. The molecule has 5 rings (SSSR count). The molecule has 2 bridgehead atoms. The molecule has 2 unspecified atom stereocenters. The molecule has 5 nitrogen and oxygen atoms in total. The molecule has 2 atom stereocenters. The molecule has 0 amide bonds. The van der Waals surface area contributed by atoms with Gasteiger partial charge in [-0.1, -0.05) is 12.1 Å². The predicted octanol–water partition coefficient (Wildman–Crippen LogP) is 3.67. The first kappa shape index (κ1) is 15.6. The molecule has 1 N–H and O–H groups in total. The summed E-state index contributed by atoms with van der Waals surface area (Å²) in [6.07, 6.45) is 4.50. The van der Waals surface area contributed by atoms with Gasteiger partial charge in [0.25, 0.3) is 0 Å². The van der Waals surface area contributed by atoms with E-state index in [9.17, 15) is 4.79 Å². The Labute approximate surface area is 145 Å². The minimum Gasteiger partial charge on any atom is -0.469 e. The molecule has 0 spiro atoms. The molecule has 3 aliphatic rings. The first-order valence-corrected chi connectivity index (χ1v) is 8.82. The SMILES string of the molecule is COC(=O)C1C2CCC(CC2)C1Nc1nc(Cl)nc2ccccc12. The predicted molar refractivity (Wildman–Crippen MR) is 92.9 cm³/mol. The van der Waals surface area contributed by atoms with E-state index in [0.29, 0.717) is 17.7 Å². The Morgan fingerprint density at radius 2 is 1.88 bits per heavy atom. The number of rotatable bonds is 3. The Balaban J connectivity index is 1.72. The van der Waals surface area contributed by atoms with E-state index in [1.807, 2.05) is 24.3 Å². The van der Waals surface area contributed by atoms with Crippen molar-refractivity contribution in [3.63, 3.8) is 0 Å². The maximum absolute atomic E-state index is 12.4. The van der Waals surface area contributed by atoms with Crippen molar-refractivity contribution in [2.75, 3.05) is 12.4 Å². The quantitative estimate of drug-likeness (QED) is 0.679. The lowest BCUT2D eigenvalue weighted by Gasteiger charge is -2.47. The summed E-state index contributed by atoms with van der Waals surface area (Å²) >= 11 is 6.09. The number of hydrogen-bond acceptors (Lipinski definition) is 5. The highest BCUT2D eigenvalue weighted by atomic mass is 35.5.